The molecule has 0 heterocycles. The van der Waals surface area contributed by atoms with Gasteiger partial charge >= 0.3 is 0 Å². The van der Waals surface area contributed by atoms with Crippen molar-refractivity contribution in [1.29, 1.82) is 0 Å². The molecule has 0 spiro atoms. The van der Waals surface area contributed by atoms with Crippen LogP contribution < -0.4 is 0 Å². The van der Waals surface area contributed by atoms with Gasteiger partial charge in [-0.05, 0) is 18.8 Å². The fraction of sp³-hybridized carbons (Fsp3) is 1.00. The van der Waals surface area contributed by atoms with E-state index in [2.05, 4.69) is 25.7 Å². The Morgan fingerprint density at radius 2 is 1.57 bits per heavy atom. The van der Waals surface area contributed by atoms with Crippen LogP contribution in [-0.4, -0.2) is 11.4 Å². The van der Waals surface area contributed by atoms with Gasteiger partial charge in [0.05, 0.1) is 6.10 Å². The number of hydrogen-bond donors (Lipinski definition) is 1. The predicted molar refractivity (Wildman–Crippen MR) is 60.3 cm³/mol. The highest BCUT2D eigenvalue weighted by atomic mass is 17.1. The molecule has 0 aliphatic heterocycles. The lowest BCUT2D eigenvalue weighted by Crippen LogP contribution is -2.22. The molecule has 0 radical (unpaired) electrons. The van der Waals surface area contributed by atoms with Crippen molar-refractivity contribution in [3.8, 4) is 0 Å². The maximum absolute atomic E-state index is 8.85. The summed E-state index contributed by atoms with van der Waals surface area (Å²) < 4.78 is 0. The molecule has 0 aromatic heterocycles. The van der Waals surface area contributed by atoms with Gasteiger partial charge in [-0.3, -0.25) is 5.26 Å². The highest BCUT2D eigenvalue weighted by Crippen LogP contribution is 2.22. The maximum atomic E-state index is 8.85. The summed E-state index contributed by atoms with van der Waals surface area (Å²) >= 11 is 0. The van der Waals surface area contributed by atoms with Crippen molar-refractivity contribution in [2.75, 3.05) is 0 Å². The van der Waals surface area contributed by atoms with Crippen LogP contribution in [0.2, 0.25) is 0 Å². The Morgan fingerprint density at radius 3 is 2.00 bits per heavy atom. The van der Waals surface area contributed by atoms with E-state index in [4.69, 9.17) is 5.26 Å². The van der Waals surface area contributed by atoms with Gasteiger partial charge < -0.3 is 0 Å². The molecule has 0 aliphatic rings. The average molecular weight is 202 g/mol. The van der Waals surface area contributed by atoms with Gasteiger partial charge in [0.1, 0.15) is 0 Å². The molecule has 0 bridgehead atoms. The second-order valence-electron chi connectivity index (χ2n) is 4.10. The van der Waals surface area contributed by atoms with Crippen molar-refractivity contribution < 1.29 is 10.1 Å². The summed E-state index contributed by atoms with van der Waals surface area (Å²) in [5.41, 5.74) is 0. The molecule has 86 valence electrons. The van der Waals surface area contributed by atoms with Crippen LogP contribution in [-0.2, 0) is 4.89 Å². The Kier molecular flexibility index (Phi) is 9.42. The molecular weight excluding hydrogens is 176 g/mol. The van der Waals surface area contributed by atoms with Gasteiger partial charge in [-0.2, -0.15) is 0 Å². The lowest BCUT2D eigenvalue weighted by atomic mass is 9.90. The van der Waals surface area contributed by atoms with Crippen molar-refractivity contribution in [2.45, 2.75) is 71.8 Å². The molecule has 2 atom stereocenters. The summed E-state index contributed by atoms with van der Waals surface area (Å²) in [6.07, 6.45) is 8.13. The SMILES string of the molecule is CCCCC(CC)C(CCCC)OO. The molecule has 14 heavy (non-hydrogen) atoms. The molecule has 0 saturated carbocycles. The molecule has 0 aromatic rings. The first-order valence-corrected chi connectivity index (χ1v) is 6.10. The van der Waals surface area contributed by atoms with Crippen LogP contribution in [0.3, 0.4) is 0 Å². The lowest BCUT2D eigenvalue weighted by Gasteiger charge is -2.23. The summed E-state index contributed by atoms with van der Waals surface area (Å²) in [5, 5.41) is 8.85. The summed E-state index contributed by atoms with van der Waals surface area (Å²) in [5.74, 6) is 0.534. The van der Waals surface area contributed by atoms with Gasteiger partial charge in [0.25, 0.3) is 0 Å². The molecule has 0 saturated heterocycles. The first-order chi connectivity index (χ1) is 6.79. The van der Waals surface area contributed by atoms with Gasteiger partial charge in [-0.15, -0.1) is 0 Å². The number of rotatable bonds is 9. The molecule has 0 rings (SSSR count). The van der Waals surface area contributed by atoms with E-state index in [9.17, 15) is 0 Å². The molecule has 0 aliphatic carbocycles. The highest BCUT2D eigenvalue weighted by molar-refractivity contribution is 4.68. The summed E-state index contributed by atoms with van der Waals surface area (Å²) in [6.45, 7) is 6.55. The van der Waals surface area contributed by atoms with Crippen molar-refractivity contribution in [3.63, 3.8) is 0 Å². The van der Waals surface area contributed by atoms with Gasteiger partial charge in [-0.1, -0.05) is 52.9 Å². The first kappa shape index (κ1) is 13.9. The average Bonchev–Trinajstić information content (AvgIpc) is 2.23. The van der Waals surface area contributed by atoms with Gasteiger partial charge in [-0.25, -0.2) is 4.89 Å². The minimum atomic E-state index is 0.0616. The fourth-order valence-corrected chi connectivity index (χ4v) is 1.90. The molecular formula is C12H26O2. The summed E-state index contributed by atoms with van der Waals surface area (Å²) in [6, 6.07) is 0. The molecule has 2 nitrogen and oxygen atoms in total. The Labute approximate surface area is 88.6 Å². The van der Waals surface area contributed by atoms with Gasteiger partial charge in [0.15, 0.2) is 0 Å². The Hall–Kier alpha value is -0.0800. The van der Waals surface area contributed by atoms with Crippen LogP contribution in [0.5, 0.6) is 0 Å². The smallest absolute Gasteiger partial charge is 0.0955 e. The van der Waals surface area contributed by atoms with E-state index >= 15 is 0 Å². The van der Waals surface area contributed by atoms with Crippen molar-refractivity contribution in [2.24, 2.45) is 5.92 Å². The second-order valence-corrected chi connectivity index (χ2v) is 4.10. The maximum Gasteiger partial charge on any atom is 0.0955 e. The molecule has 0 fully saturated rings. The number of hydrogen-bond acceptors (Lipinski definition) is 2. The van der Waals surface area contributed by atoms with E-state index < -0.39 is 0 Å². The van der Waals surface area contributed by atoms with Gasteiger partial charge in [0.2, 0.25) is 0 Å². The summed E-state index contributed by atoms with van der Waals surface area (Å²) in [7, 11) is 0. The molecule has 0 aromatic carbocycles. The second kappa shape index (κ2) is 9.47. The Balaban J connectivity index is 3.87. The van der Waals surface area contributed by atoms with Crippen molar-refractivity contribution in [1.82, 2.24) is 0 Å². The third kappa shape index (κ3) is 5.61. The van der Waals surface area contributed by atoms with E-state index in [1.165, 1.54) is 25.7 Å². The van der Waals surface area contributed by atoms with E-state index in [0.29, 0.717) is 5.92 Å². The van der Waals surface area contributed by atoms with E-state index in [1.807, 2.05) is 0 Å². The van der Waals surface area contributed by atoms with Crippen LogP contribution in [0.1, 0.15) is 65.7 Å². The molecule has 2 unspecified atom stereocenters. The van der Waals surface area contributed by atoms with Crippen LogP contribution in [0.25, 0.3) is 0 Å². The fourth-order valence-electron chi connectivity index (χ4n) is 1.90. The monoisotopic (exact) mass is 202 g/mol. The predicted octanol–water partition coefficient (Wildman–Crippen LogP) is 4.25. The van der Waals surface area contributed by atoms with Gasteiger partial charge in [0, 0.05) is 0 Å². The van der Waals surface area contributed by atoms with Crippen molar-refractivity contribution >= 4 is 0 Å². The van der Waals surface area contributed by atoms with Crippen LogP contribution >= 0.6 is 0 Å². The van der Waals surface area contributed by atoms with Crippen LogP contribution in [0.15, 0.2) is 0 Å². The zero-order valence-electron chi connectivity index (χ0n) is 9.96. The molecule has 2 heteroatoms. The topological polar surface area (TPSA) is 29.5 Å². The van der Waals surface area contributed by atoms with E-state index in [-0.39, 0.29) is 6.10 Å². The number of unbranched alkanes of at least 4 members (excludes halogenated alkanes) is 2. The normalized spacial score (nSPS) is 15.4. The third-order valence-electron chi connectivity index (χ3n) is 2.96. The van der Waals surface area contributed by atoms with Crippen LogP contribution in [0, 0.1) is 5.92 Å². The Morgan fingerprint density at radius 1 is 1.00 bits per heavy atom. The minimum Gasteiger partial charge on any atom is -0.252 e. The van der Waals surface area contributed by atoms with Crippen LogP contribution in [0.4, 0.5) is 0 Å². The summed E-state index contributed by atoms with van der Waals surface area (Å²) in [4.78, 5) is 4.60. The zero-order valence-corrected chi connectivity index (χ0v) is 9.96. The first-order valence-electron chi connectivity index (χ1n) is 6.10. The zero-order chi connectivity index (χ0) is 10.8. The molecule has 1 N–H and O–H groups in total. The Bertz CT molecular complexity index is 101. The molecule has 0 amide bonds. The standard InChI is InChI=1S/C12H26O2/c1-4-7-9-11(6-3)12(14-13)10-8-5-2/h11-13H,4-10H2,1-3H3. The largest absolute Gasteiger partial charge is 0.252 e. The van der Waals surface area contributed by atoms with Crippen molar-refractivity contribution in [3.05, 3.63) is 0 Å². The third-order valence-corrected chi connectivity index (χ3v) is 2.96. The minimum absolute atomic E-state index is 0.0616. The quantitative estimate of drug-likeness (QED) is 0.447. The lowest BCUT2D eigenvalue weighted by molar-refractivity contribution is -0.292. The highest BCUT2D eigenvalue weighted by Gasteiger charge is 2.19. The van der Waals surface area contributed by atoms with E-state index in [1.54, 1.807) is 0 Å². The van der Waals surface area contributed by atoms with E-state index in [0.717, 1.165) is 19.3 Å².